The number of ether oxygens (including phenoxy) is 1. The SMILES string of the molecule is CCOC(=O)NS(=O)(=O)Nc1ccc(Br)c(Cl)c1. The first kappa shape index (κ1) is 15.1. The Kier molecular flexibility index (Phi) is 5.24. The number of hydrogen-bond donors (Lipinski definition) is 2. The lowest BCUT2D eigenvalue weighted by atomic mass is 10.3. The third-order valence-corrected chi connectivity index (χ3v) is 3.84. The molecule has 0 aromatic heterocycles. The minimum absolute atomic E-state index is 0.0749. The van der Waals surface area contributed by atoms with Gasteiger partial charge < -0.3 is 4.74 Å². The maximum absolute atomic E-state index is 11.5. The molecule has 6 nitrogen and oxygen atoms in total. The van der Waals surface area contributed by atoms with Crippen molar-refractivity contribution < 1.29 is 17.9 Å². The van der Waals surface area contributed by atoms with E-state index in [4.69, 9.17) is 11.6 Å². The van der Waals surface area contributed by atoms with Crippen LogP contribution >= 0.6 is 27.5 Å². The van der Waals surface area contributed by atoms with Crippen molar-refractivity contribution in [3.63, 3.8) is 0 Å². The highest BCUT2D eigenvalue weighted by Crippen LogP contribution is 2.25. The quantitative estimate of drug-likeness (QED) is 0.867. The number of carbonyl (C=O) groups is 1. The smallest absolute Gasteiger partial charge is 0.422 e. The highest BCUT2D eigenvalue weighted by atomic mass is 79.9. The molecule has 1 amide bonds. The van der Waals surface area contributed by atoms with Crippen molar-refractivity contribution in [3.05, 3.63) is 27.7 Å². The Hall–Kier alpha value is -0.990. The van der Waals surface area contributed by atoms with Crippen molar-refractivity contribution in [3.8, 4) is 0 Å². The summed E-state index contributed by atoms with van der Waals surface area (Å²) < 4.78 is 31.9. The van der Waals surface area contributed by atoms with Gasteiger partial charge in [-0.25, -0.2) is 9.52 Å². The first-order valence-corrected chi connectivity index (χ1v) is 7.42. The molecule has 1 rings (SSSR count). The summed E-state index contributed by atoms with van der Waals surface area (Å²) in [5.74, 6) is 0. The molecule has 1 aromatic carbocycles. The minimum atomic E-state index is -4.03. The van der Waals surface area contributed by atoms with Gasteiger partial charge in [-0.2, -0.15) is 8.42 Å². The fraction of sp³-hybridized carbons (Fsp3) is 0.222. The summed E-state index contributed by atoms with van der Waals surface area (Å²) in [6.07, 6.45) is -1.05. The summed E-state index contributed by atoms with van der Waals surface area (Å²) in [7, 11) is -4.03. The molecule has 0 aliphatic rings. The van der Waals surface area contributed by atoms with Gasteiger partial charge in [-0.05, 0) is 41.1 Å². The van der Waals surface area contributed by atoms with Crippen molar-refractivity contribution in [1.82, 2.24) is 4.72 Å². The van der Waals surface area contributed by atoms with E-state index in [0.29, 0.717) is 9.50 Å². The van der Waals surface area contributed by atoms with Crippen LogP contribution in [0.4, 0.5) is 10.5 Å². The van der Waals surface area contributed by atoms with Gasteiger partial charge in [-0.3, -0.25) is 4.72 Å². The number of anilines is 1. The van der Waals surface area contributed by atoms with Crippen LogP contribution in [0.25, 0.3) is 0 Å². The van der Waals surface area contributed by atoms with Crippen LogP contribution in [-0.2, 0) is 14.9 Å². The molecule has 2 N–H and O–H groups in total. The number of carbonyl (C=O) groups excluding carboxylic acids is 1. The second-order valence-corrected chi connectivity index (χ2v) is 5.73. The lowest BCUT2D eigenvalue weighted by molar-refractivity contribution is 0.159. The monoisotopic (exact) mass is 356 g/mol. The van der Waals surface area contributed by atoms with Crippen LogP contribution in [0.5, 0.6) is 0 Å². The summed E-state index contributed by atoms with van der Waals surface area (Å²) >= 11 is 8.98. The Bertz CT molecular complexity index is 549. The van der Waals surface area contributed by atoms with Gasteiger partial charge in [-0.1, -0.05) is 11.6 Å². The molecular formula is C9H10BrClN2O4S. The maximum atomic E-state index is 11.5. The minimum Gasteiger partial charge on any atom is -0.449 e. The van der Waals surface area contributed by atoms with Gasteiger partial charge in [0.1, 0.15) is 0 Å². The lowest BCUT2D eigenvalue weighted by Gasteiger charge is -2.09. The molecule has 0 fully saturated rings. The van der Waals surface area contributed by atoms with Crippen LogP contribution in [0, 0.1) is 0 Å². The molecule has 0 bridgehead atoms. The van der Waals surface area contributed by atoms with Crippen LogP contribution in [0.15, 0.2) is 22.7 Å². The third kappa shape index (κ3) is 4.71. The Labute approximate surface area is 118 Å². The third-order valence-electron chi connectivity index (χ3n) is 1.66. The number of hydrogen-bond acceptors (Lipinski definition) is 4. The van der Waals surface area contributed by atoms with Gasteiger partial charge in [0, 0.05) is 4.47 Å². The zero-order chi connectivity index (χ0) is 13.8. The summed E-state index contributed by atoms with van der Waals surface area (Å²) in [5, 5.41) is 0.339. The van der Waals surface area contributed by atoms with Gasteiger partial charge in [-0.15, -0.1) is 0 Å². The first-order chi connectivity index (χ1) is 8.34. The highest BCUT2D eigenvalue weighted by Gasteiger charge is 2.15. The van der Waals surface area contributed by atoms with Gasteiger partial charge in [0.25, 0.3) is 0 Å². The summed E-state index contributed by atoms with van der Waals surface area (Å²) in [5.41, 5.74) is 0.222. The number of nitrogens with one attached hydrogen (secondary N) is 2. The summed E-state index contributed by atoms with van der Waals surface area (Å²) in [6, 6.07) is 4.46. The predicted octanol–water partition coefficient (Wildman–Crippen LogP) is 2.51. The van der Waals surface area contributed by atoms with Crippen molar-refractivity contribution in [2.45, 2.75) is 6.92 Å². The Balaban J connectivity index is 2.76. The van der Waals surface area contributed by atoms with E-state index in [0.717, 1.165) is 0 Å². The molecule has 1 aromatic rings. The molecular weight excluding hydrogens is 348 g/mol. The van der Waals surface area contributed by atoms with E-state index >= 15 is 0 Å². The van der Waals surface area contributed by atoms with E-state index in [1.165, 1.54) is 12.1 Å². The van der Waals surface area contributed by atoms with E-state index in [9.17, 15) is 13.2 Å². The van der Waals surface area contributed by atoms with Crippen molar-refractivity contribution >= 4 is 49.5 Å². The normalized spacial score (nSPS) is 10.8. The fourth-order valence-electron chi connectivity index (χ4n) is 1.01. The number of amides is 1. The Morgan fingerprint density at radius 1 is 1.50 bits per heavy atom. The van der Waals surface area contributed by atoms with Gasteiger partial charge in [0.15, 0.2) is 0 Å². The van der Waals surface area contributed by atoms with E-state index in [1.807, 2.05) is 0 Å². The summed E-state index contributed by atoms with van der Waals surface area (Å²) in [6.45, 7) is 1.64. The molecule has 100 valence electrons. The molecule has 0 saturated carbocycles. The number of halogens is 2. The van der Waals surface area contributed by atoms with Crippen molar-refractivity contribution in [1.29, 1.82) is 0 Å². The molecule has 0 unspecified atom stereocenters. The predicted molar refractivity (Wildman–Crippen MR) is 71.9 cm³/mol. The maximum Gasteiger partial charge on any atom is 0.422 e. The molecule has 0 saturated heterocycles. The van der Waals surface area contributed by atoms with Crippen LogP contribution in [0.3, 0.4) is 0 Å². The largest absolute Gasteiger partial charge is 0.449 e. The van der Waals surface area contributed by atoms with Crippen molar-refractivity contribution in [2.75, 3.05) is 11.3 Å². The molecule has 0 aliphatic heterocycles. The zero-order valence-corrected chi connectivity index (χ0v) is 12.4. The molecule has 0 spiro atoms. The molecule has 18 heavy (non-hydrogen) atoms. The Morgan fingerprint density at radius 3 is 2.72 bits per heavy atom. The zero-order valence-electron chi connectivity index (χ0n) is 9.24. The second kappa shape index (κ2) is 6.26. The van der Waals surface area contributed by atoms with Gasteiger partial charge in [0.05, 0.1) is 17.3 Å². The molecule has 0 atom stereocenters. The average Bonchev–Trinajstić information content (AvgIpc) is 2.22. The topological polar surface area (TPSA) is 84.5 Å². The van der Waals surface area contributed by atoms with Crippen molar-refractivity contribution in [2.24, 2.45) is 0 Å². The van der Waals surface area contributed by atoms with Crippen LogP contribution in [0.1, 0.15) is 6.92 Å². The fourth-order valence-corrected chi connectivity index (χ4v) is 2.20. The highest BCUT2D eigenvalue weighted by molar-refractivity contribution is 9.10. The lowest BCUT2D eigenvalue weighted by Crippen LogP contribution is -2.35. The van der Waals surface area contributed by atoms with E-state index < -0.39 is 16.3 Å². The standard InChI is InChI=1S/C9H10BrClN2O4S/c1-2-17-9(14)13-18(15,16)12-6-3-4-7(10)8(11)5-6/h3-5,12H,2H2,1H3,(H,13,14). The summed E-state index contributed by atoms with van der Waals surface area (Å²) in [4.78, 5) is 11.0. The number of benzene rings is 1. The second-order valence-electron chi connectivity index (χ2n) is 3.06. The molecule has 0 radical (unpaired) electrons. The Morgan fingerprint density at radius 2 is 2.17 bits per heavy atom. The average molecular weight is 358 g/mol. The van der Waals surface area contributed by atoms with Crippen LogP contribution in [0.2, 0.25) is 5.02 Å². The molecule has 9 heteroatoms. The van der Waals surface area contributed by atoms with E-state index in [-0.39, 0.29) is 12.3 Å². The number of rotatable bonds is 4. The molecule has 0 heterocycles. The first-order valence-electron chi connectivity index (χ1n) is 4.76. The van der Waals surface area contributed by atoms with Gasteiger partial charge in [0.2, 0.25) is 0 Å². The van der Waals surface area contributed by atoms with E-state index in [1.54, 1.807) is 17.7 Å². The van der Waals surface area contributed by atoms with Crippen LogP contribution in [-0.4, -0.2) is 21.1 Å². The molecule has 0 aliphatic carbocycles. The van der Waals surface area contributed by atoms with Gasteiger partial charge >= 0.3 is 16.3 Å². The van der Waals surface area contributed by atoms with E-state index in [2.05, 4.69) is 25.4 Å². The van der Waals surface area contributed by atoms with Crippen LogP contribution < -0.4 is 9.44 Å².